The van der Waals surface area contributed by atoms with Crippen LogP contribution < -0.4 is 5.32 Å². The van der Waals surface area contributed by atoms with Gasteiger partial charge in [0.1, 0.15) is 0 Å². The van der Waals surface area contributed by atoms with Crippen molar-refractivity contribution >= 4 is 0 Å². The van der Waals surface area contributed by atoms with E-state index in [1.165, 1.54) is 70.8 Å². The fourth-order valence-electron chi connectivity index (χ4n) is 3.19. The summed E-state index contributed by atoms with van der Waals surface area (Å²) < 4.78 is 0. The zero-order chi connectivity index (χ0) is 13.2. The van der Waals surface area contributed by atoms with Gasteiger partial charge in [-0.05, 0) is 44.6 Å². The number of hydrogen-bond acceptors (Lipinski definition) is 1. The maximum atomic E-state index is 3.76. The molecule has 0 saturated heterocycles. The zero-order valence-corrected chi connectivity index (χ0v) is 13.0. The molecular weight excluding hydrogens is 218 g/mol. The summed E-state index contributed by atoms with van der Waals surface area (Å²) in [5.74, 6) is 2.00. The van der Waals surface area contributed by atoms with Gasteiger partial charge in [0.05, 0.1) is 0 Å². The zero-order valence-electron chi connectivity index (χ0n) is 13.0. The topological polar surface area (TPSA) is 12.0 Å². The molecular formula is C17H35N. The van der Waals surface area contributed by atoms with Crippen molar-refractivity contribution in [3.8, 4) is 0 Å². The molecule has 1 heteroatoms. The average Bonchev–Trinajstić information content (AvgIpc) is 2.42. The molecule has 18 heavy (non-hydrogen) atoms. The number of rotatable bonds is 9. The first-order valence-electron chi connectivity index (χ1n) is 8.49. The molecule has 1 N–H and O–H groups in total. The summed E-state index contributed by atoms with van der Waals surface area (Å²) in [7, 11) is 0. The molecule has 0 radical (unpaired) electrons. The SMILES string of the molecule is CCCCCCC(C)NCC1CCC(CC)CC1. The Bertz CT molecular complexity index is 182. The van der Waals surface area contributed by atoms with E-state index in [0.717, 1.165) is 17.9 Å². The minimum absolute atomic E-state index is 0.728. The van der Waals surface area contributed by atoms with Gasteiger partial charge >= 0.3 is 0 Å². The van der Waals surface area contributed by atoms with Crippen LogP contribution in [0.4, 0.5) is 0 Å². The minimum atomic E-state index is 0.728. The van der Waals surface area contributed by atoms with Crippen LogP contribution in [0.25, 0.3) is 0 Å². The first-order chi connectivity index (χ1) is 8.76. The van der Waals surface area contributed by atoms with Crippen molar-refractivity contribution in [3.05, 3.63) is 0 Å². The molecule has 0 amide bonds. The van der Waals surface area contributed by atoms with E-state index in [2.05, 4.69) is 26.1 Å². The Morgan fingerprint density at radius 1 is 0.944 bits per heavy atom. The summed E-state index contributed by atoms with van der Waals surface area (Å²) in [5.41, 5.74) is 0. The second-order valence-electron chi connectivity index (χ2n) is 6.45. The van der Waals surface area contributed by atoms with Crippen LogP contribution in [-0.4, -0.2) is 12.6 Å². The third kappa shape index (κ3) is 6.78. The van der Waals surface area contributed by atoms with E-state index in [4.69, 9.17) is 0 Å². The summed E-state index contributed by atoms with van der Waals surface area (Å²) >= 11 is 0. The third-order valence-corrected chi connectivity index (χ3v) is 4.79. The molecule has 1 aliphatic carbocycles. The van der Waals surface area contributed by atoms with E-state index in [1.54, 1.807) is 0 Å². The van der Waals surface area contributed by atoms with E-state index >= 15 is 0 Å². The van der Waals surface area contributed by atoms with Crippen molar-refractivity contribution in [3.63, 3.8) is 0 Å². The van der Waals surface area contributed by atoms with Crippen molar-refractivity contribution in [2.24, 2.45) is 11.8 Å². The van der Waals surface area contributed by atoms with Crippen molar-refractivity contribution in [1.29, 1.82) is 0 Å². The third-order valence-electron chi connectivity index (χ3n) is 4.79. The average molecular weight is 253 g/mol. The lowest BCUT2D eigenvalue weighted by Gasteiger charge is -2.29. The normalized spacial score (nSPS) is 26.2. The molecule has 1 atom stereocenters. The first kappa shape index (κ1) is 16.0. The van der Waals surface area contributed by atoms with Crippen LogP contribution in [0.5, 0.6) is 0 Å². The molecule has 1 unspecified atom stereocenters. The predicted molar refractivity (Wildman–Crippen MR) is 82.0 cm³/mol. The molecule has 0 spiro atoms. The number of unbranched alkanes of at least 4 members (excludes halogenated alkanes) is 3. The molecule has 0 aromatic rings. The Morgan fingerprint density at radius 2 is 1.61 bits per heavy atom. The Labute approximate surface area is 115 Å². The van der Waals surface area contributed by atoms with Gasteiger partial charge in [-0.15, -0.1) is 0 Å². The lowest BCUT2D eigenvalue weighted by atomic mass is 9.81. The van der Waals surface area contributed by atoms with Gasteiger partial charge in [-0.25, -0.2) is 0 Å². The van der Waals surface area contributed by atoms with E-state index in [1.807, 2.05) is 0 Å². The highest BCUT2D eigenvalue weighted by molar-refractivity contribution is 4.74. The molecule has 108 valence electrons. The van der Waals surface area contributed by atoms with Gasteiger partial charge in [-0.1, -0.05) is 58.8 Å². The van der Waals surface area contributed by atoms with Gasteiger partial charge < -0.3 is 5.32 Å². The summed E-state index contributed by atoms with van der Waals surface area (Å²) in [6.45, 7) is 8.27. The lowest BCUT2D eigenvalue weighted by molar-refractivity contribution is 0.256. The van der Waals surface area contributed by atoms with Crippen LogP contribution in [0, 0.1) is 11.8 Å². The van der Waals surface area contributed by atoms with Crippen LogP contribution in [0.1, 0.15) is 85.0 Å². The van der Waals surface area contributed by atoms with Crippen molar-refractivity contribution in [1.82, 2.24) is 5.32 Å². The first-order valence-corrected chi connectivity index (χ1v) is 8.49. The fourth-order valence-corrected chi connectivity index (χ4v) is 3.19. The molecule has 0 aliphatic heterocycles. The smallest absolute Gasteiger partial charge is 0.00388 e. The Hall–Kier alpha value is -0.0400. The molecule has 0 heterocycles. The highest BCUT2D eigenvalue weighted by Crippen LogP contribution is 2.30. The quantitative estimate of drug-likeness (QED) is 0.560. The van der Waals surface area contributed by atoms with Gasteiger partial charge in [0.15, 0.2) is 0 Å². The maximum Gasteiger partial charge on any atom is 0.00388 e. The Balaban J connectivity index is 1.99. The molecule has 0 aromatic heterocycles. The molecule has 1 nitrogen and oxygen atoms in total. The number of hydrogen-bond donors (Lipinski definition) is 1. The summed E-state index contributed by atoms with van der Waals surface area (Å²) in [5, 5.41) is 3.76. The Kier molecular flexibility index (Phi) is 8.75. The summed E-state index contributed by atoms with van der Waals surface area (Å²) in [4.78, 5) is 0. The van der Waals surface area contributed by atoms with Gasteiger partial charge in [0.2, 0.25) is 0 Å². The van der Waals surface area contributed by atoms with Gasteiger partial charge in [-0.3, -0.25) is 0 Å². The number of nitrogens with one attached hydrogen (secondary N) is 1. The molecule has 1 fully saturated rings. The van der Waals surface area contributed by atoms with Crippen LogP contribution in [0.2, 0.25) is 0 Å². The summed E-state index contributed by atoms with van der Waals surface area (Å²) in [6.07, 6.45) is 14.2. The van der Waals surface area contributed by atoms with Crippen molar-refractivity contribution in [2.45, 2.75) is 91.0 Å². The molecule has 0 aromatic carbocycles. The predicted octanol–water partition coefficient (Wildman–Crippen LogP) is 5.15. The van der Waals surface area contributed by atoms with Crippen LogP contribution in [-0.2, 0) is 0 Å². The van der Waals surface area contributed by atoms with Crippen molar-refractivity contribution < 1.29 is 0 Å². The van der Waals surface area contributed by atoms with E-state index < -0.39 is 0 Å². The standard InChI is InChI=1S/C17H35N/c1-4-6-7-8-9-15(3)18-14-17-12-10-16(5-2)11-13-17/h15-18H,4-14H2,1-3H3. The second kappa shape index (κ2) is 9.83. The highest BCUT2D eigenvalue weighted by Gasteiger charge is 2.19. The largest absolute Gasteiger partial charge is 0.314 e. The van der Waals surface area contributed by atoms with Gasteiger partial charge in [-0.2, -0.15) is 0 Å². The molecule has 0 bridgehead atoms. The second-order valence-corrected chi connectivity index (χ2v) is 6.45. The minimum Gasteiger partial charge on any atom is -0.314 e. The highest BCUT2D eigenvalue weighted by atomic mass is 14.9. The summed E-state index contributed by atoms with van der Waals surface area (Å²) in [6, 6.07) is 0.728. The lowest BCUT2D eigenvalue weighted by Crippen LogP contribution is -2.32. The van der Waals surface area contributed by atoms with Gasteiger partial charge in [0.25, 0.3) is 0 Å². The van der Waals surface area contributed by atoms with Crippen LogP contribution >= 0.6 is 0 Å². The van der Waals surface area contributed by atoms with E-state index in [9.17, 15) is 0 Å². The van der Waals surface area contributed by atoms with E-state index in [0.29, 0.717) is 0 Å². The molecule has 1 rings (SSSR count). The fraction of sp³-hybridized carbons (Fsp3) is 1.00. The van der Waals surface area contributed by atoms with Crippen LogP contribution in [0.3, 0.4) is 0 Å². The molecule has 1 saturated carbocycles. The maximum absolute atomic E-state index is 3.76. The Morgan fingerprint density at radius 3 is 2.22 bits per heavy atom. The van der Waals surface area contributed by atoms with E-state index in [-0.39, 0.29) is 0 Å². The van der Waals surface area contributed by atoms with Crippen LogP contribution in [0.15, 0.2) is 0 Å². The van der Waals surface area contributed by atoms with Gasteiger partial charge in [0, 0.05) is 6.04 Å². The molecule has 1 aliphatic rings. The monoisotopic (exact) mass is 253 g/mol. The van der Waals surface area contributed by atoms with Crippen molar-refractivity contribution in [2.75, 3.05) is 6.54 Å².